The SMILES string of the molecule is CCNC(=NCCCn1c(C)nc2ccccc21)NCCOc1ccc2c(c1)CCC(=O)N2.I. The number of aromatic nitrogens is 2. The fourth-order valence-electron chi connectivity index (χ4n) is 4.03. The van der Waals surface area contributed by atoms with Crippen molar-refractivity contribution in [2.75, 3.05) is 31.6 Å². The quantitative estimate of drug-likeness (QED) is 0.156. The molecule has 0 saturated heterocycles. The van der Waals surface area contributed by atoms with Gasteiger partial charge in [-0.3, -0.25) is 9.79 Å². The number of fused-ring (bicyclic) bond motifs is 2. The molecule has 2 heterocycles. The normalized spacial score (nSPS) is 13.1. The number of benzene rings is 2. The van der Waals surface area contributed by atoms with Gasteiger partial charge in [0.15, 0.2) is 5.96 Å². The van der Waals surface area contributed by atoms with Crippen LogP contribution in [0.25, 0.3) is 11.0 Å². The van der Waals surface area contributed by atoms with Gasteiger partial charge >= 0.3 is 0 Å². The van der Waals surface area contributed by atoms with Gasteiger partial charge in [0.1, 0.15) is 18.2 Å². The number of para-hydroxylation sites is 2. The molecule has 9 heteroatoms. The first kappa shape index (κ1) is 25.8. The van der Waals surface area contributed by atoms with Crippen LogP contribution in [0.3, 0.4) is 0 Å². The predicted octanol–water partition coefficient (Wildman–Crippen LogP) is 3.87. The van der Waals surface area contributed by atoms with E-state index in [9.17, 15) is 4.79 Å². The molecule has 2 aromatic carbocycles. The smallest absolute Gasteiger partial charge is 0.224 e. The van der Waals surface area contributed by atoms with E-state index in [4.69, 9.17) is 9.73 Å². The van der Waals surface area contributed by atoms with Gasteiger partial charge in [0.05, 0.1) is 17.6 Å². The standard InChI is InChI=1S/C25H32N6O2.HI/c1-3-26-25(27-13-6-15-31-18(2)29-22-7-4-5-8-23(22)31)28-14-16-33-20-10-11-21-19(17-20)9-12-24(32)30-21;/h4-5,7-8,10-11,17H,3,6,9,12-16H2,1-2H3,(H,30,32)(H2,26,27,28);1H. The largest absolute Gasteiger partial charge is 0.492 e. The minimum atomic E-state index is 0. The molecule has 0 aliphatic carbocycles. The maximum absolute atomic E-state index is 11.5. The van der Waals surface area contributed by atoms with Crippen LogP contribution in [0.15, 0.2) is 47.5 Å². The van der Waals surface area contributed by atoms with Gasteiger partial charge in [0.2, 0.25) is 5.91 Å². The molecule has 3 aromatic rings. The van der Waals surface area contributed by atoms with Crippen molar-refractivity contribution in [1.82, 2.24) is 20.2 Å². The number of carbonyl (C=O) groups is 1. The van der Waals surface area contributed by atoms with Crippen LogP contribution in [-0.4, -0.2) is 47.7 Å². The molecule has 0 radical (unpaired) electrons. The van der Waals surface area contributed by atoms with Crippen LogP contribution in [0.2, 0.25) is 0 Å². The summed E-state index contributed by atoms with van der Waals surface area (Å²) in [5.74, 6) is 2.72. The van der Waals surface area contributed by atoms with E-state index in [1.54, 1.807) is 0 Å². The molecule has 3 N–H and O–H groups in total. The summed E-state index contributed by atoms with van der Waals surface area (Å²) in [6, 6.07) is 14.0. The van der Waals surface area contributed by atoms with Crippen molar-refractivity contribution in [3.8, 4) is 5.75 Å². The Hall–Kier alpha value is -2.82. The van der Waals surface area contributed by atoms with Crippen LogP contribution < -0.4 is 20.7 Å². The number of nitrogens with one attached hydrogen (secondary N) is 3. The Balaban J connectivity index is 0.00000324. The van der Waals surface area contributed by atoms with Crippen LogP contribution in [0.5, 0.6) is 5.75 Å². The Labute approximate surface area is 217 Å². The van der Waals surface area contributed by atoms with Crippen molar-refractivity contribution in [3.05, 3.63) is 53.9 Å². The van der Waals surface area contributed by atoms with Crippen molar-refractivity contribution >= 4 is 52.6 Å². The van der Waals surface area contributed by atoms with E-state index in [2.05, 4.69) is 44.6 Å². The van der Waals surface area contributed by atoms with E-state index in [0.717, 1.165) is 66.8 Å². The molecule has 0 spiro atoms. The lowest BCUT2D eigenvalue weighted by atomic mass is 10.0. The van der Waals surface area contributed by atoms with E-state index in [1.807, 2.05) is 37.3 Å². The Bertz CT molecular complexity index is 1140. The van der Waals surface area contributed by atoms with E-state index >= 15 is 0 Å². The first-order valence-corrected chi connectivity index (χ1v) is 11.6. The molecule has 34 heavy (non-hydrogen) atoms. The number of ether oxygens (including phenoxy) is 1. The number of anilines is 1. The molecule has 1 aliphatic rings. The Morgan fingerprint density at radius 3 is 2.91 bits per heavy atom. The molecule has 182 valence electrons. The summed E-state index contributed by atoms with van der Waals surface area (Å²) in [7, 11) is 0. The summed E-state index contributed by atoms with van der Waals surface area (Å²) in [5.41, 5.74) is 4.22. The monoisotopic (exact) mass is 576 g/mol. The Kier molecular flexibility index (Phi) is 9.55. The van der Waals surface area contributed by atoms with E-state index < -0.39 is 0 Å². The number of aryl methyl sites for hydroxylation is 3. The molecular weight excluding hydrogens is 543 g/mol. The lowest BCUT2D eigenvalue weighted by Crippen LogP contribution is -2.39. The minimum Gasteiger partial charge on any atom is -0.492 e. The van der Waals surface area contributed by atoms with E-state index in [1.165, 1.54) is 5.52 Å². The van der Waals surface area contributed by atoms with Gasteiger partial charge in [-0.15, -0.1) is 24.0 Å². The van der Waals surface area contributed by atoms with Crippen molar-refractivity contribution in [3.63, 3.8) is 0 Å². The van der Waals surface area contributed by atoms with Gasteiger partial charge in [0, 0.05) is 31.7 Å². The molecule has 0 atom stereocenters. The van der Waals surface area contributed by atoms with Crippen LogP contribution in [0.4, 0.5) is 5.69 Å². The molecule has 1 amide bonds. The summed E-state index contributed by atoms with van der Waals surface area (Å²) in [4.78, 5) is 20.8. The highest BCUT2D eigenvalue weighted by molar-refractivity contribution is 14.0. The van der Waals surface area contributed by atoms with E-state index in [-0.39, 0.29) is 29.9 Å². The molecule has 0 bridgehead atoms. The van der Waals surface area contributed by atoms with Crippen molar-refractivity contribution < 1.29 is 9.53 Å². The summed E-state index contributed by atoms with van der Waals surface area (Å²) in [5, 5.41) is 9.51. The van der Waals surface area contributed by atoms with Crippen molar-refractivity contribution in [2.45, 2.75) is 39.7 Å². The highest BCUT2D eigenvalue weighted by Crippen LogP contribution is 2.26. The number of hydrogen-bond donors (Lipinski definition) is 3. The second kappa shape index (κ2) is 12.6. The molecule has 8 nitrogen and oxygen atoms in total. The lowest BCUT2D eigenvalue weighted by Gasteiger charge is -2.18. The molecule has 0 fully saturated rings. The van der Waals surface area contributed by atoms with Crippen molar-refractivity contribution in [1.29, 1.82) is 0 Å². The number of imidazole rings is 1. The minimum absolute atomic E-state index is 0. The van der Waals surface area contributed by atoms with Gasteiger partial charge in [0.25, 0.3) is 0 Å². The first-order valence-electron chi connectivity index (χ1n) is 11.6. The maximum atomic E-state index is 11.5. The molecule has 0 saturated carbocycles. The second-order valence-electron chi connectivity index (χ2n) is 8.06. The van der Waals surface area contributed by atoms with Gasteiger partial charge in [-0.05, 0) is 62.6 Å². The third-order valence-corrected chi connectivity index (χ3v) is 5.63. The summed E-state index contributed by atoms with van der Waals surface area (Å²) < 4.78 is 8.14. The van der Waals surface area contributed by atoms with E-state index in [0.29, 0.717) is 19.6 Å². The fourth-order valence-corrected chi connectivity index (χ4v) is 4.03. The van der Waals surface area contributed by atoms with Gasteiger partial charge in [-0.2, -0.15) is 0 Å². The molecule has 0 unspecified atom stereocenters. The number of rotatable bonds is 9. The average Bonchev–Trinajstić information content (AvgIpc) is 3.14. The zero-order valence-electron chi connectivity index (χ0n) is 19.8. The van der Waals surface area contributed by atoms with Crippen LogP contribution >= 0.6 is 24.0 Å². The number of nitrogens with zero attached hydrogens (tertiary/aromatic N) is 3. The predicted molar refractivity (Wildman–Crippen MR) is 147 cm³/mol. The molecule has 1 aromatic heterocycles. The van der Waals surface area contributed by atoms with Crippen LogP contribution in [-0.2, 0) is 17.8 Å². The number of aliphatic imine (C=N–C) groups is 1. The van der Waals surface area contributed by atoms with Gasteiger partial charge < -0.3 is 25.3 Å². The molecular formula is C25H33IN6O2. The fraction of sp³-hybridized carbons (Fsp3) is 0.400. The number of guanidine groups is 1. The third-order valence-electron chi connectivity index (χ3n) is 5.63. The number of amides is 1. The third kappa shape index (κ3) is 6.62. The highest BCUT2D eigenvalue weighted by Gasteiger charge is 2.15. The first-order chi connectivity index (χ1) is 16.1. The highest BCUT2D eigenvalue weighted by atomic mass is 127. The number of halogens is 1. The zero-order chi connectivity index (χ0) is 23.0. The lowest BCUT2D eigenvalue weighted by molar-refractivity contribution is -0.116. The number of hydrogen-bond acceptors (Lipinski definition) is 4. The summed E-state index contributed by atoms with van der Waals surface area (Å²) in [6.07, 6.45) is 2.21. The van der Waals surface area contributed by atoms with Gasteiger partial charge in [-0.25, -0.2) is 4.98 Å². The number of carbonyl (C=O) groups excluding carboxylic acids is 1. The molecule has 1 aliphatic heterocycles. The van der Waals surface area contributed by atoms with Crippen LogP contribution in [0.1, 0.15) is 31.2 Å². The Morgan fingerprint density at radius 1 is 1.21 bits per heavy atom. The van der Waals surface area contributed by atoms with Crippen LogP contribution in [0, 0.1) is 6.92 Å². The maximum Gasteiger partial charge on any atom is 0.224 e. The Morgan fingerprint density at radius 2 is 2.06 bits per heavy atom. The summed E-state index contributed by atoms with van der Waals surface area (Å²) in [6.45, 7) is 7.68. The molecule has 4 rings (SSSR count). The average molecular weight is 576 g/mol. The topological polar surface area (TPSA) is 92.6 Å². The zero-order valence-corrected chi connectivity index (χ0v) is 22.1. The second-order valence-corrected chi connectivity index (χ2v) is 8.06. The van der Waals surface area contributed by atoms with Gasteiger partial charge in [-0.1, -0.05) is 12.1 Å². The van der Waals surface area contributed by atoms with Crippen molar-refractivity contribution in [2.24, 2.45) is 4.99 Å². The summed E-state index contributed by atoms with van der Waals surface area (Å²) >= 11 is 0.